The Bertz CT molecular complexity index is 918. The van der Waals surface area contributed by atoms with Gasteiger partial charge in [-0.05, 0) is 43.0 Å². The van der Waals surface area contributed by atoms with Gasteiger partial charge in [-0.1, -0.05) is 37.2 Å². The zero-order valence-corrected chi connectivity index (χ0v) is 16.5. The molecule has 0 aliphatic heterocycles. The molecule has 0 aliphatic rings. The minimum atomic E-state index is -0.410. The van der Waals surface area contributed by atoms with Gasteiger partial charge in [0.15, 0.2) is 6.61 Å². The van der Waals surface area contributed by atoms with E-state index in [9.17, 15) is 4.79 Å². The Hall–Kier alpha value is -3.22. The van der Waals surface area contributed by atoms with E-state index in [1.54, 1.807) is 18.5 Å². The molecular weight excluding hydrogens is 356 g/mol. The minimum absolute atomic E-state index is 0.0614. The van der Waals surface area contributed by atoms with Crippen LogP contribution in [-0.4, -0.2) is 27.6 Å². The molecule has 146 valence electrons. The van der Waals surface area contributed by atoms with Gasteiger partial charge in [-0.2, -0.15) is 4.98 Å². The number of ether oxygens (including phenoxy) is 1. The first kappa shape index (κ1) is 19.5. The fourth-order valence-electron chi connectivity index (χ4n) is 2.87. The van der Waals surface area contributed by atoms with Gasteiger partial charge in [0, 0.05) is 18.0 Å². The van der Waals surface area contributed by atoms with Crippen LogP contribution in [0.4, 0.5) is 0 Å². The van der Waals surface area contributed by atoms with Gasteiger partial charge in [0.2, 0.25) is 11.7 Å². The zero-order chi connectivity index (χ0) is 20.1. The SMILES string of the molecule is Cc1cccc(C)c1OCC(=O)NC(c1nc(-c2cccnc2)no1)C(C)C. The third-order valence-electron chi connectivity index (χ3n) is 4.37. The largest absolute Gasteiger partial charge is 0.483 e. The van der Waals surface area contributed by atoms with Gasteiger partial charge < -0.3 is 14.6 Å². The number of pyridine rings is 1. The van der Waals surface area contributed by atoms with Gasteiger partial charge in [-0.15, -0.1) is 0 Å². The van der Waals surface area contributed by atoms with Crippen molar-refractivity contribution in [2.75, 3.05) is 6.61 Å². The number of aryl methyl sites for hydroxylation is 2. The minimum Gasteiger partial charge on any atom is -0.483 e. The molecule has 0 aliphatic carbocycles. The quantitative estimate of drug-likeness (QED) is 0.673. The Balaban J connectivity index is 1.68. The molecule has 0 spiro atoms. The summed E-state index contributed by atoms with van der Waals surface area (Å²) >= 11 is 0. The van der Waals surface area contributed by atoms with E-state index in [0.29, 0.717) is 11.7 Å². The number of hydrogen-bond acceptors (Lipinski definition) is 6. The van der Waals surface area contributed by atoms with Crippen molar-refractivity contribution in [2.24, 2.45) is 5.92 Å². The van der Waals surface area contributed by atoms with Crippen LogP contribution in [0.25, 0.3) is 11.4 Å². The van der Waals surface area contributed by atoms with Crippen molar-refractivity contribution in [3.63, 3.8) is 0 Å². The summed E-state index contributed by atoms with van der Waals surface area (Å²) in [5, 5.41) is 6.94. The second-order valence-electron chi connectivity index (χ2n) is 7.00. The van der Waals surface area contributed by atoms with Gasteiger partial charge in [0.25, 0.3) is 5.91 Å². The van der Waals surface area contributed by atoms with Crippen LogP contribution in [0, 0.1) is 19.8 Å². The molecule has 1 atom stereocenters. The van der Waals surface area contributed by atoms with Crippen molar-refractivity contribution < 1.29 is 14.1 Å². The molecule has 7 nitrogen and oxygen atoms in total. The topological polar surface area (TPSA) is 90.1 Å². The lowest BCUT2D eigenvalue weighted by atomic mass is 10.0. The predicted molar refractivity (Wildman–Crippen MR) is 105 cm³/mol. The average Bonchev–Trinajstić information content (AvgIpc) is 3.16. The lowest BCUT2D eigenvalue weighted by Crippen LogP contribution is -2.35. The molecule has 3 aromatic rings. The first-order chi connectivity index (χ1) is 13.5. The van der Waals surface area contributed by atoms with E-state index < -0.39 is 6.04 Å². The number of rotatable bonds is 7. The lowest BCUT2D eigenvalue weighted by Gasteiger charge is -2.19. The molecule has 1 N–H and O–H groups in total. The Labute approximate surface area is 164 Å². The van der Waals surface area contributed by atoms with E-state index in [-0.39, 0.29) is 18.4 Å². The van der Waals surface area contributed by atoms with Crippen LogP contribution in [0.5, 0.6) is 5.75 Å². The first-order valence-electron chi connectivity index (χ1n) is 9.18. The summed E-state index contributed by atoms with van der Waals surface area (Å²) in [5.41, 5.74) is 2.74. The Morgan fingerprint density at radius 1 is 1.18 bits per heavy atom. The standard InChI is InChI=1S/C21H24N4O3/c1-13(2)18(21-24-20(25-28-21)16-9-6-10-22-11-16)23-17(26)12-27-19-14(3)7-5-8-15(19)4/h5-11,13,18H,12H2,1-4H3,(H,23,26). The van der Waals surface area contributed by atoms with Crippen LogP contribution in [0.1, 0.15) is 36.9 Å². The van der Waals surface area contributed by atoms with Gasteiger partial charge >= 0.3 is 0 Å². The highest BCUT2D eigenvalue weighted by Gasteiger charge is 2.25. The molecule has 1 amide bonds. The molecule has 2 aromatic heterocycles. The maximum atomic E-state index is 12.5. The van der Waals surface area contributed by atoms with Gasteiger partial charge in [-0.25, -0.2) is 0 Å². The van der Waals surface area contributed by atoms with Crippen molar-refractivity contribution in [1.82, 2.24) is 20.4 Å². The van der Waals surface area contributed by atoms with Crippen LogP contribution in [0.2, 0.25) is 0 Å². The summed E-state index contributed by atoms with van der Waals surface area (Å²) in [6, 6.07) is 9.11. The molecule has 2 heterocycles. The highest BCUT2D eigenvalue weighted by Crippen LogP contribution is 2.24. The summed E-state index contributed by atoms with van der Waals surface area (Å²) in [7, 11) is 0. The smallest absolute Gasteiger partial charge is 0.258 e. The first-order valence-corrected chi connectivity index (χ1v) is 9.18. The predicted octanol–water partition coefficient (Wildman–Crippen LogP) is 3.64. The molecular formula is C21H24N4O3. The molecule has 28 heavy (non-hydrogen) atoms. The normalized spacial score (nSPS) is 12.0. The lowest BCUT2D eigenvalue weighted by molar-refractivity contribution is -0.124. The summed E-state index contributed by atoms with van der Waals surface area (Å²) in [4.78, 5) is 21.0. The van der Waals surface area contributed by atoms with Crippen molar-refractivity contribution in [3.05, 3.63) is 59.7 Å². The van der Waals surface area contributed by atoms with Crippen LogP contribution >= 0.6 is 0 Å². The van der Waals surface area contributed by atoms with Gasteiger partial charge in [0.05, 0.1) is 0 Å². The number of carbonyl (C=O) groups excluding carboxylic acids is 1. The van der Waals surface area contributed by atoms with E-state index >= 15 is 0 Å². The second-order valence-corrected chi connectivity index (χ2v) is 7.00. The number of amides is 1. The van der Waals surface area contributed by atoms with Crippen LogP contribution < -0.4 is 10.1 Å². The molecule has 0 bridgehead atoms. The number of para-hydroxylation sites is 1. The molecule has 0 fully saturated rings. The Morgan fingerprint density at radius 2 is 1.93 bits per heavy atom. The molecule has 1 unspecified atom stereocenters. The van der Waals surface area contributed by atoms with Crippen LogP contribution in [0.3, 0.4) is 0 Å². The van der Waals surface area contributed by atoms with Crippen molar-refractivity contribution in [1.29, 1.82) is 0 Å². The van der Waals surface area contributed by atoms with Crippen molar-refractivity contribution >= 4 is 5.91 Å². The van der Waals surface area contributed by atoms with Crippen LogP contribution in [-0.2, 0) is 4.79 Å². The van der Waals surface area contributed by atoms with Crippen molar-refractivity contribution in [2.45, 2.75) is 33.7 Å². The van der Waals surface area contributed by atoms with Crippen molar-refractivity contribution in [3.8, 4) is 17.1 Å². The van der Waals surface area contributed by atoms with Gasteiger partial charge in [0.1, 0.15) is 11.8 Å². The van der Waals surface area contributed by atoms with Gasteiger partial charge in [-0.3, -0.25) is 9.78 Å². The summed E-state index contributed by atoms with van der Waals surface area (Å²) in [5.74, 6) is 1.34. The summed E-state index contributed by atoms with van der Waals surface area (Å²) in [6.07, 6.45) is 3.34. The molecule has 1 aromatic carbocycles. The number of benzene rings is 1. The number of nitrogens with zero attached hydrogens (tertiary/aromatic N) is 3. The van der Waals surface area contributed by atoms with E-state index in [1.807, 2.05) is 52.0 Å². The van der Waals surface area contributed by atoms with E-state index in [0.717, 1.165) is 22.4 Å². The molecule has 3 rings (SSSR count). The molecule has 0 saturated carbocycles. The number of nitrogens with one attached hydrogen (secondary N) is 1. The Morgan fingerprint density at radius 3 is 2.57 bits per heavy atom. The van der Waals surface area contributed by atoms with Crippen LogP contribution in [0.15, 0.2) is 47.2 Å². The number of hydrogen-bond donors (Lipinski definition) is 1. The van der Waals surface area contributed by atoms with E-state index in [1.165, 1.54) is 0 Å². The Kier molecular flexibility index (Phi) is 6.03. The highest BCUT2D eigenvalue weighted by atomic mass is 16.5. The molecule has 0 radical (unpaired) electrons. The fourth-order valence-corrected chi connectivity index (χ4v) is 2.87. The third-order valence-corrected chi connectivity index (χ3v) is 4.37. The second kappa shape index (κ2) is 8.65. The molecule has 7 heteroatoms. The number of carbonyl (C=O) groups is 1. The zero-order valence-electron chi connectivity index (χ0n) is 16.5. The monoisotopic (exact) mass is 380 g/mol. The maximum absolute atomic E-state index is 12.5. The number of aromatic nitrogens is 3. The summed E-state index contributed by atoms with van der Waals surface area (Å²) < 4.78 is 11.1. The average molecular weight is 380 g/mol. The third kappa shape index (κ3) is 4.54. The maximum Gasteiger partial charge on any atom is 0.258 e. The molecule has 0 saturated heterocycles. The summed E-state index contributed by atoms with van der Waals surface area (Å²) in [6.45, 7) is 7.78. The van der Waals surface area contributed by atoms with E-state index in [2.05, 4.69) is 20.4 Å². The highest BCUT2D eigenvalue weighted by molar-refractivity contribution is 5.78. The fraction of sp³-hybridized carbons (Fsp3) is 0.333. The van der Waals surface area contributed by atoms with E-state index in [4.69, 9.17) is 9.26 Å².